The van der Waals surface area contributed by atoms with E-state index in [-0.39, 0.29) is 11.9 Å². The quantitative estimate of drug-likeness (QED) is 0.796. The maximum Gasteiger partial charge on any atom is 0.246 e. The van der Waals surface area contributed by atoms with Gasteiger partial charge in [-0.2, -0.15) is 5.10 Å². The fourth-order valence-electron chi connectivity index (χ4n) is 3.69. The minimum atomic E-state index is -0.543. The van der Waals surface area contributed by atoms with Crippen LogP contribution >= 0.6 is 0 Å². The third-order valence-electron chi connectivity index (χ3n) is 5.14. The zero-order valence-electron chi connectivity index (χ0n) is 16.0. The van der Waals surface area contributed by atoms with Crippen molar-refractivity contribution in [2.45, 2.75) is 71.0 Å². The van der Waals surface area contributed by atoms with Crippen LogP contribution in [0.2, 0.25) is 0 Å². The number of rotatable bonds is 7. The average Bonchev–Trinajstić information content (AvgIpc) is 3.27. The van der Waals surface area contributed by atoms with Gasteiger partial charge in [0.2, 0.25) is 5.91 Å². The van der Waals surface area contributed by atoms with Crippen molar-refractivity contribution in [2.75, 3.05) is 5.32 Å². The Hall–Kier alpha value is -2.37. The van der Waals surface area contributed by atoms with Crippen molar-refractivity contribution in [3.8, 4) is 0 Å². The molecule has 3 rings (SSSR count). The lowest BCUT2D eigenvalue weighted by atomic mass is 9.95. The molecule has 26 heavy (non-hydrogen) atoms. The summed E-state index contributed by atoms with van der Waals surface area (Å²) in [5.41, 5.74) is 1.66. The van der Waals surface area contributed by atoms with Gasteiger partial charge in [0.25, 0.3) is 0 Å². The Morgan fingerprint density at radius 3 is 2.62 bits per heavy atom. The highest BCUT2D eigenvalue weighted by Gasteiger charge is 2.41. The molecule has 0 bridgehead atoms. The van der Waals surface area contributed by atoms with Crippen LogP contribution < -0.4 is 10.6 Å². The van der Waals surface area contributed by atoms with E-state index in [4.69, 9.17) is 0 Å². The number of nitrogens with one attached hydrogen (secondary N) is 2. The number of hydrogen-bond acceptors (Lipinski definition) is 4. The van der Waals surface area contributed by atoms with Gasteiger partial charge in [0.1, 0.15) is 17.7 Å². The first-order chi connectivity index (χ1) is 12.5. The van der Waals surface area contributed by atoms with Crippen molar-refractivity contribution >= 4 is 11.6 Å². The molecule has 2 aromatic rings. The molecule has 1 aliphatic carbocycles. The summed E-state index contributed by atoms with van der Waals surface area (Å²) in [7, 11) is 0. The molecule has 1 atom stereocenters. The maximum atomic E-state index is 13.2. The third kappa shape index (κ3) is 3.89. The van der Waals surface area contributed by atoms with E-state index in [0.717, 1.165) is 50.2 Å². The average molecular weight is 355 g/mol. The third-order valence-corrected chi connectivity index (χ3v) is 5.14. The summed E-state index contributed by atoms with van der Waals surface area (Å²) in [4.78, 5) is 17.5. The number of benzene rings is 1. The van der Waals surface area contributed by atoms with Crippen LogP contribution in [0, 0.1) is 6.92 Å². The fraction of sp³-hybridized carbons (Fsp3) is 0.550. The number of carbonyl (C=O) groups is 1. The monoisotopic (exact) mass is 355 g/mol. The molecular weight excluding hydrogens is 326 g/mol. The van der Waals surface area contributed by atoms with Gasteiger partial charge in [-0.05, 0) is 45.2 Å². The van der Waals surface area contributed by atoms with E-state index in [1.807, 2.05) is 23.7 Å². The predicted molar refractivity (Wildman–Crippen MR) is 103 cm³/mol. The van der Waals surface area contributed by atoms with Gasteiger partial charge >= 0.3 is 0 Å². The largest absolute Gasteiger partial charge is 0.371 e. The first kappa shape index (κ1) is 18.4. The van der Waals surface area contributed by atoms with E-state index in [2.05, 4.69) is 46.7 Å². The van der Waals surface area contributed by atoms with Crippen LogP contribution in [0.15, 0.2) is 30.6 Å². The van der Waals surface area contributed by atoms with Crippen LogP contribution in [0.3, 0.4) is 0 Å². The van der Waals surface area contributed by atoms with Crippen LogP contribution in [0.25, 0.3) is 0 Å². The molecule has 0 saturated heterocycles. The van der Waals surface area contributed by atoms with Gasteiger partial charge in [0.15, 0.2) is 0 Å². The van der Waals surface area contributed by atoms with Crippen LogP contribution in [0.4, 0.5) is 5.69 Å². The van der Waals surface area contributed by atoms with Crippen molar-refractivity contribution < 1.29 is 4.79 Å². The highest BCUT2D eigenvalue weighted by Crippen LogP contribution is 2.34. The fourth-order valence-corrected chi connectivity index (χ4v) is 3.69. The van der Waals surface area contributed by atoms with Gasteiger partial charge in [0, 0.05) is 12.2 Å². The standard InChI is InChI=1S/C20H29N5O/c1-4-13-25-18(21-14-22-25)16(3)23-19(26)20(11-5-6-12-20)24-17-9-7-15(2)8-10-17/h7-10,14,16,24H,4-6,11-13H2,1-3H3,(H,23,26)/t16-/m0/s1. The molecule has 2 N–H and O–H groups in total. The predicted octanol–water partition coefficient (Wildman–Crippen LogP) is 3.60. The summed E-state index contributed by atoms with van der Waals surface area (Å²) in [6.45, 7) is 6.95. The van der Waals surface area contributed by atoms with E-state index >= 15 is 0 Å². The van der Waals surface area contributed by atoms with Crippen molar-refractivity contribution in [2.24, 2.45) is 0 Å². The number of hydrogen-bond donors (Lipinski definition) is 2. The summed E-state index contributed by atoms with van der Waals surface area (Å²) in [5, 5.41) is 11.0. The van der Waals surface area contributed by atoms with Gasteiger partial charge in [-0.3, -0.25) is 4.79 Å². The normalized spacial score (nSPS) is 17.0. The summed E-state index contributed by atoms with van der Waals surface area (Å²) in [6, 6.07) is 8.06. The Bertz CT molecular complexity index is 731. The van der Waals surface area contributed by atoms with Crippen LogP contribution in [-0.2, 0) is 11.3 Å². The Labute approximate surface area is 155 Å². The minimum Gasteiger partial charge on any atom is -0.371 e. The molecule has 1 aliphatic rings. The molecule has 0 spiro atoms. The molecule has 1 aromatic carbocycles. The van der Waals surface area contributed by atoms with Crippen LogP contribution in [0.5, 0.6) is 0 Å². The Kier molecular flexibility index (Phi) is 5.59. The van der Waals surface area contributed by atoms with Gasteiger partial charge in [-0.15, -0.1) is 0 Å². The van der Waals surface area contributed by atoms with Gasteiger partial charge in [-0.1, -0.05) is 37.5 Å². The molecule has 0 unspecified atom stereocenters. The summed E-state index contributed by atoms with van der Waals surface area (Å²) >= 11 is 0. The second-order valence-corrected chi connectivity index (χ2v) is 7.32. The first-order valence-corrected chi connectivity index (χ1v) is 9.57. The van der Waals surface area contributed by atoms with E-state index in [0.29, 0.717) is 0 Å². The molecule has 0 aliphatic heterocycles. The molecule has 1 amide bonds. The van der Waals surface area contributed by atoms with Gasteiger partial charge in [-0.25, -0.2) is 9.67 Å². The number of nitrogens with zero attached hydrogens (tertiary/aromatic N) is 3. The summed E-state index contributed by atoms with van der Waals surface area (Å²) in [5.74, 6) is 0.859. The topological polar surface area (TPSA) is 71.8 Å². The maximum absolute atomic E-state index is 13.2. The van der Waals surface area contributed by atoms with Crippen LogP contribution in [0.1, 0.15) is 63.4 Å². The van der Waals surface area contributed by atoms with E-state index in [9.17, 15) is 4.79 Å². The molecule has 1 saturated carbocycles. The summed E-state index contributed by atoms with van der Waals surface area (Å²) in [6.07, 6.45) is 6.36. The number of aromatic nitrogens is 3. The summed E-state index contributed by atoms with van der Waals surface area (Å²) < 4.78 is 1.87. The van der Waals surface area contributed by atoms with E-state index < -0.39 is 5.54 Å². The van der Waals surface area contributed by atoms with Gasteiger partial charge in [0.05, 0.1) is 6.04 Å². The van der Waals surface area contributed by atoms with Crippen molar-refractivity contribution in [1.82, 2.24) is 20.1 Å². The molecule has 6 nitrogen and oxygen atoms in total. The molecule has 6 heteroatoms. The van der Waals surface area contributed by atoms with E-state index in [1.165, 1.54) is 5.56 Å². The number of aryl methyl sites for hydroxylation is 2. The number of amides is 1. The SMILES string of the molecule is CCCn1ncnc1[C@H](C)NC(=O)C1(Nc2ccc(C)cc2)CCCC1. The van der Waals surface area contributed by atoms with Gasteiger partial charge < -0.3 is 10.6 Å². The minimum absolute atomic E-state index is 0.0501. The first-order valence-electron chi connectivity index (χ1n) is 9.57. The lowest BCUT2D eigenvalue weighted by Crippen LogP contribution is -2.51. The molecule has 1 heterocycles. The second-order valence-electron chi connectivity index (χ2n) is 7.32. The van der Waals surface area contributed by atoms with Crippen molar-refractivity contribution in [3.63, 3.8) is 0 Å². The smallest absolute Gasteiger partial charge is 0.246 e. The van der Waals surface area contributed by atoms with Crippen molar-refractivity contribution in [3.05, 3.63) is 42.0 Å². The molecule has 140 valence electrons. The van der Waals surface area contributed by atoms with E-state index in [1.54, 1.807) is 6.33 Å². The zero-order chi connectivity index (χ0) is 18.6. The molecule has 0 radical (unpaired) electrons. The number of carbonyl (C=O) groups excluding carboxylic acids is 1. The molecule has 1 aromatic heterocycles. The lowest BCUT2D eigenvalue weighted by molar-refractivity contribution is -0.126. The van der Waals surface area contributed by atoms with Crippen molar-refractivity contribution in [1.29, 1.82) is 0 Å². The number of anilines is 1. The highest BCUT2D eigenvalue weighted by molar-refractivity contribution is 5.90. The zero-order valence-corrected chi connectivity index (χ0v) is 16.0. The Balaban J connectivity index is 1.74. The highest BCUT2D eigenvalue weighted by atomic mass is 16.2. The second kappa shape index (κ2) is 7.89. The lowest BCUT2D eigenvalue weighted by Gasteiger charge is -2.31. The molecular formula is C20H29N5O. The Morgan fingerprint density at radius 2 is 1.96 bits per heavy atom. The molecule has 1 fully saturated rings. The van der Waals surface area contributed by atoms with Crippen LogP contribution in [-0.4, -0.2) is 26.2 Å². The Morgan fingerprint density at radius 1 is 1.27 bits per heavy atom.